The fraction of sp³-hybridized carbons (Fsp3) is 0.467. The van der Waals surface area contributed by atoms with Crippen molar-refractivity contribution in [1.82, 2.24) is 9.88 Å². The lowest BCUT2D eigenvalue weighted by Gasteiger charge is -2.40. The molecule has 5 heteroatoms. The smallest absolute Gasteiger partial charge is 0.246 e. The molecule has 0 N–H and O–H groups in total. The Balaban J connectivity index is 2.06. The van der Waals surface area contributed by atoms with Gasteiger partial charge in [-0.25, -0.2) is 4.98 Å². The van der Waals surface area contributed by atoms with E-state index in [4.69, 9.17) is 0 Å². The Bertz CT molecular complexity index is 526. The molecular weight excluding hydrogens is 257 g/mol. The standard InChI is InChI=1S/C15H20FN3O/c1-11(2)9-15(20)18-7-8-19(12(3)10-18)14-6-4-5-13(16)17-14/h4-6,9,12H,7-8,10H2,1-3H3. The summed E-state index contributed by atoms with van der Waals surface area (Å²) in [6.07, 6.45) is 1.66. The Kier molecular flexibility index (Phi) is 4.37. The molecule has 0 spiro atoms. The first-order chi connectivity index (χ1) is 9.47. The zero-order valence-electron chi connectivity index (χ0n) is 12.1. The molecule has 2 rings (SSSR count). The number of hydrogen-bond acceptors (Lipinski definition) is 3. The van der Waals surface area contributed by atoms with Crippen LogP contribution in [-0.2, 0) is 4.79 Å². The quantitative estimate of drug-likeness (QED) is 0.614. The maximum atomic E-state index is 13.2. The van der Waals surface area contributed by atoms with Crippen molar-refractivity contribution in [3.63, 3.8) is 0 Å². The number of allylic oxidation sites excluding steroid dienone is 1. The first-order valence-electron chi connectivity index (χ1n) is 6.80. The van der Waals surface area contributed by atoms with E-state index in [2.05, 4.69) is 4.98 Å². The number of amides is 1. The molecule has 1 aliphatic rings. The van der Waals surface area contributed by atoms with Gasteiger partial charge in [-0.3, -0.25) is 4.79 Å². The minimum atomic E-state index is -0.474. The van der Waals surface area contributed by atoms with E-state index in [1.165, 1.54) is 6.07 Å². The average Bonchev–Trinajstić information content (AvgIpc) is 2.37. The van der Waals surface area contributed by atoms with Crippen molar-refractivity contribution in [2.75, 3.05) is 24.5 Å². The van der Waals surface area contributed by atoms with Crippen LogP contribution in [0.1, 0.15) is 20.8 Å². The number of pyridine rings is 1. The molecule has 1 aromatic rings. The summed E-state index contributed by atoms with van der Waals surface area (Å²) in [6.45, 7) is 7.77. The predicted octanol–water partition coefficient (Wildman–Crippen LogP) is 2.22. The third-order valence-electron chi connectivity index (χ3n) is 3.35. The largest absolute Gasteiger partial charge is 0.350 e. The van der Waals surface area contributed by atoms with E-state index in [1.807, 2.05) is 30.6 Å². The molecule has 0 saturated carbocycles. The Morgan fingerprint density at radius 2 is 2.15 bits per heavy atom. The number of hydrogen-bond donors (Lipinski definition) is 0. The number of rotatable bonds is 2. The van der Waals surface area contributed by atoms with Crippen LogP contribution in [-0.4, -0.2) is 41.5 Å². The molecule has 108 valence electrons. The van der Waals surface area contributed by atoms with Crippen LogP contribution in [0.25, 0.3) is 0 Å². The summed E-state index contributed by atoms with van der Waals surface area (Å²) in [4.78, 5) is 19.8. The molecule has 1 saturated heterocycles. The summed E-state index contributed by atoms with van der Waals surface area (Å²) >= 11 is 0. The Hall–Kier alpha value is -1.91. The zero-order chi connectivity index (χ0) is 14.7. The fourth-order valence-corrected chi connectivity index (χ4v) is 2.39. The van der Waals surface area contributed by atoms with Crippen molar-refractivity contribution in [2.45, 2.75) is 26.8 Å². The van der Waals surface area contributed by atoms with Gasteiger partial charge in [-0.2, -0.15) is 4.39 Å². The van der Waals surface area contributed by atoms with Crippen LogP contribution in [0, 0.1) is 5.95 Å². The SMILES string of the molecule is CC(C)=CC(=O)N1CCN(c2cccc(F)n2)C(C)C1. The van der Waals surface area contributed by atoms with E-state index in [1.54, 1.807) is 18.2 Å². The molecule has 1 aromatic heterocycles. The second-order valence-electron chi connectivity index (χ2n) is 5.37. The first kappa shape index (κ1) is 14.5. The van der Waals surface area contributed by atoms with Gasteiger partial charge in [-0.1, -0.05) is 11.6 Å². The molecule has 2 heterocycles. The van der Waals surface area contributed by atoms with Gasteiger partial charge >= 0.3 is 0 Å². The number of halogens is 1. The maximum absolute atomic E-state index is 13.2. The van der Waals surface area contributed by atoms with Gasteiger partial charge in [0.25, 0.3) is 0 Å². The lowest BCUT2D eigenvalue weighted by Crippen LogP contribution is -2.53. The number of nitrogens with zero attached hydrogens (tertiary/aromatic N) is 3. The molecule has 1 aliphatic heterocycles. The number of piperazine rings is 1. The van der Waals surface area contributed by atoms with E-state index in [-0.39, 0.29) is 11.9 Å². The lowest BCUT2D eigenvalue weighted by molar-refractivity contribution is -0.126. The summed E-state index contributed by atoms with van der Waals surface area (Å²) < 4.78 is 13.2. The van der Waals surface area contributed by atoms with E-state index in [9.17, 15) is 9.18 Å². The van der Waals surface area contributed by atoms with Crippen molar-refractivity contribution in [1.29, 1.82) is 0 Å². The van der Waals surface area contributed by atoms with Crippen LogP contribution >= 0.6 is 0 Å². The number of anilines is 1. The van der Waals surface area contributed by atoms with E-state index in [0.29, 0.717) is 25.5 Å². The molecule has 1 atom stereocenters. The third-order valence-corrected chi connectivity index (χ3v) is 3.35. The van der Waals surface area contributed by atoms with E-state index < -0.39 is 5.95 Å². The molecular formula is C15H20FN3O. The van der Waals surface area contributed by atoms with Gasteiger partial charge in [-0.05, 0) is 32.9 Å². The maximum Gasteiger partial charge on any atom is 0.246 e. The summed E-state index contributed by atoms with van der Waals surface area (Å²) in [7, 11) is 0. The second-order valence-corrected chi connectivity index (χ2v) is 5.37. The van der Waals surface area contributed by atoms with Crippen molar-refractivity contribution < 1.29 is 9.18 Å². The summed E-state index contributed by atoms with van der Waals surface area (Å²) in [5.74, 6) is 0.202. The minimum Gasteiger partial charge on any atom is -0.350 e. The Morgan fingerprint density at radius 1 is 1.40 bits per heavy atom. The summed E-state index contributed by atoms with van der Waals surface area (Å²) in [5, 5.41) is 0. The van der Waals surface area contributed by atoms with Crippen LogP contribution in [0.5, 0.6) is 0 Å². The van der Waals surface area contributed by atoms with Gasteiger partial charge in [0, 0.05) is 31.8 Å². The van der Waals surface area contributed by atoms with Crippen molar-refractivity contribution in [3.8, 4) is 0 Å². The summed E-state index contributed by atoms with van der Waals surface area (Å²) in [6, 6.07) is 4.91. The number of carbonyl (C=O) groups excluding carboxylic acids is 1. The molecule has 0 aromatic carbocycles. The fourth-order valence-electron chi connectivity index (χ4n) is 2.39. The highest BCUT2D eigenvalue weighted by Crippen LogP contribution is 2.18. The molecule has 1 fully saturated rings. The van der Waals surface area contributed by atoms with Crippen LogP contribution in [0.3, 0.4) is 0 Å². The van der Waals surface area contributed by atoms with Gasteiger partial charge in [0.15, 0.2) is 0 Å². The van der Waals surface area contributed by atoms with Crippen molar-refractivity contribution in [3.05, 3.63) is 35.8 Å². The second kappa shape index (κ2) is 6.03. The highest BCUT2D eigenvalue weighted by Gasteiger charge is 2.26. The van der Waals surface area contributed by atoms with E-state index >= 15 is 0 Å². The predicted molar refractivity (Wildman–Crippen MR) is 77.0 cm³/mol. The van der Waals surface area contributed by atoms with Gasteiger partial charge < -0.3 is 9.80 Å². The Morgan fingerprint density at radius 3 is 2.75 bits per heavy atom. The third kappa shape index (κ3) is 3.35. The summed E-state index contributed by atoms with van der Waals surface area (Å²) in [5.41, 5.74) is 0.997. The molecule has 0 aliphatic carbocycles. The van der Waals surface area contributed by atoms with Crippen LogP contribution in [0.15, 0.2) is 29.8 Å². The highest BCUT2D eigenvalue weighted by atomic mass is 19.1. The van der Waals surface area contributed by atoms with Crippen molar-refractivity contribution in [2.24, 2.45) is 0 Å². The van der Waals surface area contributed by atoms with Crippen LogP contribution in [0.4, 0.5) is 10.2 Å². The monoisotopic (exact) mass is 277 g/mol. The van der Waals surface area contributed by atoms with Gasteiger partial charge in [0.05, 0.1) is 0 Å². The van der Waals surface area contributed by atoms with Crippen molar-refractivity contribution >= 4 is 11.7 Å². The van der Waals surface area contributed by atoms with Gasteiger partial charge in [-0.15, -0.1) is 0 Å². The highest BCUT2D eigenvalue weighted by molar-refractivity contribution is 5.88. The number of carbonyl (C=O) groups is 1. The minimum absolute atomic E-state index is 0.0451. The molecule has 0 radical (unpaired) electrons. The average molecular weight is 277 g/mol. The number of aromatic nitrogens is 1. The van der Waals surface area contributed by atoms with Crippen LogP contribution < -0.4 is 4.90 Å². The molecule has 1 unspecified atom stereocenters. The van der Waals surface area contributed by atoms with Gasteiger partial charge in [0.1, 0.15) is 5.82 Å². The normalized spacial score (nSPS) is 18.9. The first-order valence-corrected chi connectivity index (χ1v) is 6.80. The topological polar surface area (TPSA) is 36.4 Å². The molecule has 4 nitrogen and oxygen atoms in total. The van der Waals surface area contributed by atoms with Crippen LogP contribution in [0.2, 0.25) is 0 Å². The molecule has 0 bridgehead atoms. The lowest BCUT2D eigenvalue weighted by atomic mass is 10.1. The Labute approximate surface area is 118 Å². The molecule has 1 amide bonds. The zero-order valence-corrected chi connectivity index (χ0v) is 12.1. The van der Waals surface area contributed by atoms with E-state index in [0.717, 1.165) is 5.57 Å². The molecule has 20 heavy (non-hydrogen) atoms. The van der Waals surface area contributed by atoms with Gasteiger partial charge in [0.2, 0.25) is 11.9 Å².